The van der Waals surface area contributed by atoms with Gasteiger partial charge in [-0.25, -0.2) is 0 Å². The molecule has 1 aliphatic heterocycles. The lowest BCUT2D eigenvalue weighted by molar-refractivity contribution is -0.140. The van der Waals surface area contributed by atoms with Crippen molar-refractivity contribution in [3.05, 3.63) is 105 Å². The van der Waals surface area contributed by atoms with E-state index in [9.17, 15) is 14.7 Å². The first-order valence-corrected chi connectivity index (χ1v) is 10.6. The average molecular weight is 427 g/mol. The molecule has 1 fully saturated rings. The molecule has 32 heavy (non-hydrogen) atoms. The van der Waals surface area contributed by atoms with Gasteiger partial charge in [-0.05, 0) is 62.1 Å². The molecule has 0 aliphatic carbocycles. The van der Waals surface area contributed by atoms with Crippen LogP contribution in [0.15, 0.2) is 66.5 Å². The molecule has 1 aliphatic rings. The van der Waals surface area contributed by atoms with E-state index in [1.54, 1.807) is 18.5 Å². The number of hydrogen-bond donors (Lipinski definition) is 1. The average Bonchev–Trinajstić information content (AvgIpc) is 3.03. The smallest absolute Gasteiger partial charge is 0.295 e. The number of aromatic nitrogens is 1. The number of aliphatic hydroxyl groups excluding tert-OH is 1. The quantitative estimate of drug-likeness (QED) is 0.365. The Morgan fingerprint density at radius 3 is 2.34 bits per heavy atom. The fourth-order valence-electron chi connectivity index (χ4n) is 4.22. The second-order valence-corrected chi connectivity index (χ2v) is 8.46. The lowest BCUT2D eigenvalue weighted by atomic mass is 9.94. The third-order valence-electron chi connectivity index (χ3n) is 6.03. The first-order chi connectivity index (χ1) is 15.3. The van der Waals surface area contributed by atoms with E-state index < -0.39 is 17.7 Å². The molecule has 0 spiro atoms. The highest BCUT2D eigenvalue weighted by atomic mass is 16.3. The summed E-state index contributed by atoms with van der Waals surface area (Å²) < 4.78 is 0. The van der Waals surface area contributed by atoms with Gasteiger partial charge in [0.05, 0.1) is 11.6 Å². The highest BCUT2D eigenvalue weighted by Crippen LogP contribution is 2.40. The largest absolute Gasteiger partial charge is 0.507 e. The number of Topliss-reactive ketones (excluding diaryl/α,β-unsaturated/α-hetero) is 1. The standard InChI is InChI=1S/C27H26N2O3/c1-16-7-9-18(3)21(12-16)15-29-24(20-6-5-11-28-14-20)23(26(31)27(29)32)25(30)22-13-17(2)8-10-19(22)4/h5-14,24,30H,15H2,1-4H3/b25-23+. The van der Waals surface area contributed by atoms with E-state index in [1.807, 2.05) is 70.2 Å². The minimum atomic E-state index is -0.719. The SMILES string of the molecule is Cc1ccc(C)c(CN2C(=O)C(=O)/C(=C(/O)c3cc(C)ccc3C)C2c2cccnc2)c1. The summed E-state index contributed by atoms with van der Waals surface area (Å²) in [4.78, 5) is 32.2. The van der Waals surface area contributed by atoms with Gasteiger partial charge < -0.3 is 10.0 Å². The predicted molar refractivity (Wildman–Crippen MR) is 124 cm³/mol. The maximum atomic E-state index is 13.2. The lowest BCUT2D eigenvalue weighted by Gasteiger charge is -2.26. The minimum Gasteiger partial charge on any atom is -0.507 e. The van der Waals surface area contributed by atoms with Gasteiger partial charge in [0.25, 0.3) is 11.7 Å². The molecule has 1 N–H and O–H groups in total. The van der Waals surface area contributed by atoms with Gasteiger partial charge in [0.1, 0.15) is 5.76 Å². The molecule has 3 aromatic rings. The lowest BCUT2D eigenvalue weighted by Crippen LogP contribution is -2.29. The zero-order chi connectivity index (χ0) is 23.0. The van der Waals surface area contributed by atoms with Crippen molar-refractivity contribution < 1.29 is 14.7 Å². The summed E-state index contributed by atoms with van der Waals surface area (Å²) in [7, 11) is 0. The van der Waals surface area contributed by atoms with Gasteiger partial charge in [0, 0.05) is 24.5 Å². The van der Waals surface area contributed by atoms with Crippen molar-refractivity contribution in [2.75, 3.05) is 0 Å². The molecule has 162 valence electrons. The topological polar surface area (TPSA) is 70.5 Å². The number of pyridine rings is 1. The molecule has 0 saturated carbocycles. The number of carbonyl (C=O) groups is 2. The van der Waals surface area contributed by atoms with E-state index >= 15 is 0 Å². The summed E-state index contributed by atoms with van der Waals surface area (Å²) >= 11 is 0. The van der Waals surface area contributed by atoms with Gasteiger partial charge >= 0.3 is 0 Å². The Hall–Kier alpha value is -3.73. The molecule has 1 unspecified atom stereocenters. The third-order valence-corrected chi connectivity index (χ3v) is 6.03. The van der Waals surface area contributed by atoms with Crippen molar-refractivity contribution in [3.63, 3.8) is 0 Å². The summed E-state index contributed by atoms with van der Waals surface area (Å²) in [5, 5.41) is 11.3. The zero-order valence-corrected chi connectivity index (χ0v) is 18.7. The Labute approximate surface area is 188 Å². The molecule has 1 amide bonds. The Morgan fingerprint density at radius 2 is 1.66 bits per heavy atom. The van der Waals surface area contributed by atoms with Crippen molar-refractivity contribution >= 4 is 17.4 Å². The summed E-state index contributed by atoms with van der Waals surface area (Å²) in [5.74, 6) is -1.45. The predicted octanol–water partition coefficient (Wildman–Crippen LogP) is 4.94. The molecule has 1 atom stereocenters. The molecular formula is C27H26N2O3. The summed E-state index contributed by atoms with van der Waals surface area (Å²) in [6.07, 6.45) is 3.29. The van der Waals surface area contributed by atoms with Crippen LogP contribution in [-0.4, -0.2) is 26.7 Å². The van der Waals surface area contributed by atoms with Crippen LogP contribution in [-0.2, 0) is 16.1 Å². The Bertz CT molecular complexity index is 1250. The number of ketones is 1. The van der Waals surface area contributed by atoms with E-state index in [1.165, 1.54) is 4.90 Å². The van der Waals surface area contributed by atoms with Crippen molar-refractivity contribution in [1.82, 2.24) is 9.88 Å². The van der Waals surface area contributed by atoms with Crippen molar-refractivity contribution in [2.45, 2.75) is 40.3 Å². The maximum Gasteiger partial charge on any atom is 0.295 e. The van der Waals surface area contributed by atoms with Gasteiger partial charge in [-0.3, -0.25) is 14.6 Å². The minimum absolute atomic E-state index is 0.0991. The van der Waals surface area contributed by atoms with Crippen LogP contribution in [0.2, 0.25) is 0 Å². The molecule has 2 heterocycles. The molecule has 1 aromatic heterocycles. The van der Waals surface area contributed by atoms with Crippen LogP contribution in [0.25, 0.3) is 5.76 Å². The Morgan fingerprint density at radius 1 is 0.969 bits per heavy atom. The second-order valence-electron chi connectivity index (χ2n) is 8.46. The van der Waals surface area contributed by atoms with Crippen molar-refractivity contribution in [1.29, 1.82) is 0 Å². The van der Waals surface area contributed by atoms with E-state index in [2.05, 4.69) is 4.98 Å². The van der Waals surface area contributed by atoms with Crippen molar-refractivity contribution in [3.8, 4) is 0 Å². The van der Waals surface area contributed by atoms with E-state index in [0.717, 1.165) is 27.8 Å². The molecule has 5 heteroatoms. The fourth-order valence-corrected chi connectivity index (χ4v) is 4.22. The molecule has 5 nitrogen and oxygen atoms in total. The third kappa shape index (κ3) is 3.82. The Kier molecular flexibility index (Phi) is 5.66. The van der Waals surface area contributed by atoms with Crippen LogP contribution in [0.1, 0.15) is 45.0 Å². The van der Waals surface area contributed by atoms with Crippen LogP contribution in [0, 0.1) is 27.7 Å². The highest BCUT2D eigenvalue weighted by molar-refractivity contribution is 6.46. The van der Waals surface area contributed by atoms with Crippen LogP contribution in [0.3, 0.4) is 0 Å². The number of aliphatic hydroxyl groups is 1. The second kappa shape index (κ2) is 8.42. The summed E-state index contributed by atoms with van der Waals surface area (Å²) in [5.41, 5.74) is 6.22. The number of aryl methyl sites for hydroxylation is 4. The van der Waals surface area contributed by atoms with Crippen LogP contribution < -0.4 is 0 Å². The molecule has 1 saturated heterocycles. The first-order valence-electron chi connectivity index (χ1n) is 10.6. The van der Waals surface area contributed by atoms with Gasteiger partial charge in [0.2, 0.25) is 0 Å². The van der Waals surface area contributed by atoms with Crippen LogP contribution >= 0.6 is 0 Å². The van der Waals surface area contributed by atoms with Gasteiger partial charge in [-0.2, -0.15) is 0 Å². The van der Waals surface area contributed by atoms with Crippen LogP contribution in [0.4, 0.5) is 0 Å². The van der Waals surface area contributed by atoms with Gasteiger partial charge in [-0.1, -0.05) is 47.5 Å². The van der Waals surface area contributed by atoms with E-state index in [-0.39, 0.29) is 17.9 Å². The first kappa shape index (κ1) is 21.5. The number of hydrogen-bond acceptors (Lipinski definition) is 4. The van der Waals surface area contributed by atoms with Gasteiger partial charge in [0.15, 0.2) is 0 Å². The molecule has 0 radical (unpaired) electrons. The zero-order valence-electron chi connectivity index (χ0n) is 18.7. The highest BCUT2D eigenvalue weighted by Gasteiger charge is 2.46. The monoisotopic (exact) mass is 426 g/mol. The number of benzene rings is 2. The molecule has 2 aromatic carbocycles. The summed E-state index contributed by atoms with van der Waals surface area (Å²) in [6.45, 7) is 8.05. The fraction of sp³-hybridized carbons (Fsp3) is 0.222. The number of carbonyl (C=O) groups excluding carboxylic acids is 2. The number of rotatable bonds is 4. The molecule has 4 rings (SSSR count). The number of likely N-dealkylation sites (tertiary alicyclic amines) is 1. The summed E-state index contributed by atoms with van der Waals surface area (Å²) in [6, 6.07) is 14.6. The molecular weight excluding hydrogens is 400 g/mol. The molecule has 0 bridgehead atoms. The Balaban J connectivity index is 1.90. The van der Waals surface area contributed by atoms with E-state index in [4.69, 9.17) is 0 Å². The number of amides is 1. The normalized spacial score (nSPS) is 17.8. The van der Waals surface area contributed by atoms with Crippen molar-refractivity contribution in [2.24, 2.45) is 0 Å². The number of nitrogens with zero attached hydrogens (tertiary/aromatic N) is 2. The maximum absolute atomic E-state index is 13.2. The van der Waals surface area contributed by atoms with Crippen LogP contribution in [0.5, 0.6) is 0 Å². The van der Waals surface area contributed by atoms with Gasteiger partial charge in [-0.15, -0.1) is 0 Å². The van der Waals surface area contributed by atoms with E-state index in [0.29, 0.717) is 11.1 Å².